The molecule has 0 aromatic rings. The SMILES string of the molecule is CC(C)CCC[C@@H](C)[C@H]1CC[C@H]2[C@@H]3CC[C@H]4CC=CC[C@]4(C(=O)O)[C@H]3CC[C@]12C. The Morgan fingerprint density at radius 1 is 1.03 bits per heavy atom. The molecule has 0 aromatic heterocycles. The second-order valence-electron chi connectivity index (χ2n) is 11.9. The molecule has 0 saturated heterocycles. The van der Waals surface area contributed by atoms with Gasteiger partial charge in [-0.25, -0.2) is 0 Å². The monoisotopic (exact) mass is 400 g/mol. The van der Waals surface area contributed by atoms with Crippen molar-refractivity contribution in [2.45, 2.75) is 98.3 Å². The third-order valence-electron chi connectivity index (χ3n) is 10.3. The van der Waals surface area contributed by atoms with Gasteiger partial charge in [-0.2, -0.15) is 0 Å². The molecule has 2 nitrogen and oxygen atoms in total. The van der Waals surface area contributed by atoms with Crippen molar-refractivity contribution in [2.24, 2.45) is 52.3 Å². The molecule has 0 amide bonds. The van der Waals surface area contributed by atoms with E-state index in [4.69, 9.17) is 0 Å². The highest BCUT2D eigenvalue weighted by atomic mass is 16.4. The van der Waals surface area contributed by atoms with Crippen LogP contribution in [0.5, 0.6) is 0 Å². The van der Waals surface area contributed by atoms with Crippen LogP contribution >= 0.6 is 0 Å². The van der Waals surface area contributed by atoms with Crippen LogP contribution in [-0.2, 0) is 4.79 Å². The minimum Gasteiger partial charge on any atom is -0.481 e. The average molecular weight is 401 g/mol. The number of fused-ring (bicyclic) bond motifs is 5. The predicted molar refractivity (Wildman–Crippen MR) is 120 cm³/mol. The van der Waals surface area contributed by atoms with Gasteiger partial charge >= 0.3 is 5.97 Å². The normalized spacial score (nSPS) is 44.8. The van der Waals surface area contributed by atoms with Gasteiger partial charge in [-0.05, 0) is 98.2 Å². The van der Waals surface area contributed by atoms with Crippen LogP contribution in [0, 0.1) is 52.3 Å². The summed E-state index contributed by atoms with van der Waals surface area (Å²) in [7, 11) is 0. The second-order valence-corrected chi connectivity index (χ2v) is 11.9. The third kappa shape index (κ3) is 3.41. The maximum absolute atomic E-state index is 12.6. The molecule has 0 aliphatic heterocycles. The minimum atomic E-state index is -0.484. The number of hydrogen-bond acceptors (Lipinski definition) is 1. The van der Waals surface area contributed by atoms with Crippen LogP contribution in [0.3, 0.4) is 0 Å². The average Bonchev–Trinajstić information content (AvgIpc) is 3.04. The largest absolute Gasteiger partial charge is 0.481 e. The Kier molecular flexibility index (Phi) is 5.95. The molecule has 0 heterocycles. The quantitative estimate of drug-likeness (QED) is 0.474. The lowest BCUT2D eigenvalue weighted by atomic mass is 9.44. The summed E-state index contributed by atoms with van der Waals surface area (Å²) in [6, 6.07) is 0. The predicted octanol–water partition coefficient (Wildman–Crippen LogP) is 7.34. The number of hydrogen-bond donors (Lipinski definition) is 1. The zero-order chi connectivity index (χ0) is 20.8. The summed E-state index contributed by atoms with van der Waals surface area (Å²) >= 11 is 0. The van der Waals surface area contributed by atoms with Gasteiger partial charge in [0.05, 0.1) is 5.41 Å². The maximum atomic E-state index is 12.6. The van der Waals surface area contributed by atoms with Crippen LogP contribution in [0.4, 0.5) is 0 Å². The van der Waals surface area contributed by atoms with Gasteiger partial charge < -0.3 is 5.11 Å². The molecule has 4 aliphatic carbocycles. The number of allylic oxidation sites excluding steroid dienone is 2. The minimum absolute atomic E-state index is 0.378. The number of aliphatic carboxylic acids is 1. The topological polar surface area (TPSA) is 37.3 Å². The van der Waals surface area contributed by atoms with Crippen molar-refractivity contribution in [3.63, 3.8) is 0 Å². The summed E-state index contributed by atoms with van der Waals surface area (Å²) in [5.41, 5.74) is -0.00455. The van der Waals surface area contributed by atoms with E-state index in [0.717, 1.165) is 49.4 Å². The van der Waals surface area contributed by atoms with Crippen LogP contribution in [0.1, 0.15) is 98.3 Å². The molecule has 29 heavy (non-hydrogen) atoms. The first-order valence-electron chi connectivity index (χ1n) is 12.7. The Labute approximate surface area is 178 Å². The van der Waals surface area contributed by atoms with E-state index in [-0.39, 0.29) is 0 Å². The van der Waals surface area contributed by atoms with Crippen molar-refractivity contribution in [1.29, 1.82) is 0 Å². The van der Waals surface area contributed by atoms with E-state index in [2.05, 4.69) is 39.8 Å². The van der Waals surface area contributed by atoms with Crippen LogP contribution in [0.15, 0.2) is 12.2 Å². The van der Waals surface area contributed by atoms with Gasteiger partial charge in [0.25, 0.3) is 0 Å². The molecule has 0 unspecified atom stereocenters. The Hall–Kier alpha value is -0.790. The second kappa shape index (κ2) is 8.04. The smallest absolute Gasteiger partial charge is 0.310 e. The van der Waals surface area contributed by atoms with Gasteiger partial charge in [-0.15, -0.1) is 0 Å². The molecule has 4 rings (SSSR count). The fourth-order valence-electron chi connectivity index (χ4n) is 8.91. The van der Waals surface area contributed by atoms with E-state index in [1.165, 1.54) is 44.9 Å². The molecule has 164 valence electrons. The zero-order valence-corrected chi connectivity index (χ0v) is 19.3. The molecular weight excluding hydrogens is 356 g/mol. The molecule has 8 atom stereocenters. The summed E-state index contributed by atoms with van der Waals surface area (Å²) in [5.74, 6) is 4.22. The Bertz CT molecular complexity index is 636. The fourth-order valence-corrected chi connectivity index (χ4v) is 8.91. The van der Waals surface area contributed by atoms with E-state index in [1.807, 2.05) is 0 Å². The summed E-state index contributed by atoms with van der Waals surface area (Å²) in [4.78, 5) is 12.6. The van der Waals surface area contributed by atoms with Crippen molar-refractivity contribution in [1.82, 2.24) is 0 Å². The molecule has 0 aromatic carbocycles. The van der Waals surface area contributed by atoms with Gasteiger partial charge in [0.15, 0.2) is 0 Å². The van der Waals surface area contributed by atoms with Crippen molar-refractivity contribution >= 4 is 5.97 Å². The maximum Gasteiger partial charge on any atom is 0.310 e. The van der Waals surface area contributed by atoms with Gasteiger partial charge in [0.2, 0.25) is 0 Å². The summed E-state index contributed by atoms with van der Waals surface area (Å²) < 4.78 is 0. The highest BCUT2D eigenvalue weighted by Gasteiger charge is 2.63. The first kappa shape index (κ1) is 21.4. The van der Waals surface area contributed by atoms with Crippen molar-refractivity contribution in [3.8, 4) is 0 Å². The van der Waals surface area contributed by atoms with E-state index in [9.17, 15) is 9.90 Å². The molecule has 1 N–H and O–H groups in total. The molecule has 2 heteroatoms. The molecule has 3 saturated carbocycles. The zero-order valence-electron chi connectivity index (χ0n) is 19.3. The van der Waals surface area contributed by atoms with Crippen molar-refractivity contribution in [2.75, 3.05) is 0 Å². The Morgan fingerprint density at radius 3 is 2.55 bits per heavy atom. The summed E-state index contributed by atoms with van der Waals surface area (Å²) in [6.07, 6.45) is 17.9. The Balaban J connectivity index is 1.53. The molecule has 3 fully saturated rings. The molecule has 0 bridgehead atoms. The Morgan fingerprint density at radius 2 is 1.83 bits per heavy atom. The molecule has 0 spiro atoms. The lowest BCUT2D eigenvalue weighted by Gasteiger charge is -2.59. The van der Waals surface area contributed by atoms with E-state index in [1.54, 1.807) is 0 Å². The van der Waals surface area contributed by atoms with Crippen molar-refractivity contribution < 1.29 is 9.90 Å². The fraction of sp³-hybridized carbons (Fsp3) is 0.889. The van der Waals surface area contributed by atoms with Crippen LogP contribution in [0.25, 0.3) is 0 Å². The van der Waals surface area contributed by atoms with E-state index < -0.39 is 11.4 Å². The molecule has 4 aliphatic rings. The molecule has 0 radical (unpaired) electrons. The van der Waals surface area contributed by atoms with E-state index in [0.29, 0.717) is 23.2 Å². The van der Waals surface area contributed by atoms with Crippen LogP contribution in [-0.4, -0.2) is 11.1 Å². The third-order valence-corrected chi connectivity index (χ3v) is 10.3. The van der Waals surface area contributed by atoms with Crippen molar-refractivity contribution in [3.05, 3.63) is 12.2 Å². The standard InChI is InChI=1S/C27H44O2/c1-18(2)8-7-9-19(3)22-13-14-23-21-12-11-20-10-5-6-16-27(20,25(28)29)24(21)15-17-26(22,23)4/h5-6,18-24H,7-17H2,1-4H3,(H,28,29)/t19-,20-,21+,22-,23+,24+,26-,27-/m1/s1. The van der Waals surface area contributed by atoms with Gasteiger partial charge in [-0.3, -0.25) is 4.79 Å². The highest BCUT2D eigenvalue weighted by Crippen LogP contribution is 2.68. The van der Waals surface area contributed by atoms with E-state index >= 15 is 0 Å². The number of carbonyl (C=O) groups is 1. The first-order chi connectivity index (χ1) is 13.8. The number of carboxylic acids is 1. The van der Waals surface area contributed by atoms with Crippen LogP contribution < -0.4 is 0 Å². The highest BCUT2D eigenvalue weighted by molar-refractivity contribution is 5.76. The molecular formula is C27H44O2. The van der Waals surface area contributed by atoms with Gasteiger partial charge in [-0.1, -0.05) is 59.1 Å². The number of carboxylic acid groups (broad SMARTS) is 1. The lowest BCUT2D eigenvalue weighted by molar-refractivity contribution is -0.174. The van der Waals surface area contributed by atoms with Crippen LogP contribution in [0.2, 0.25) is 0 Å². The van der Waals surface area contributed by atoms with Gasteiger partial charge in [0.1, 0.15) is 0 Å². The summed E-state index contributed by atoms with van der Waals surface area (Å²) in [5, 5.41) is 10.4. The summed E-state index contributed by atoms with van der Waals surface area (Å²) in [6.45, 7) is 9.80. The number of rotatable bonds is 6. The lowest BCUT2D eigenvalue weighted by Crippen LogP contribution is -2.56. The first-order valence-corrected chi connectivity index (χ1v) is 12.7. The van der Waals surface area contributed by atoms with Gasteiger partial charge in [0, 0.05) is 0 Å².